The lowest BCUT2D eigenvalue weighted by atomic mass is 9.83. The molecule has 9 aromatic carbocycles. The highest BCUT2D eigenvalue weighted by Crippen LogP contribution is 2.47. The van der Waals surface area contributed by atoms with E-state index < -0.39 is 0 Å². The zero-order chi connectivity index (χ0) is 34.8. The molecule has 1 heteroatoms. The summed E-state index contributed by atoms with van der Waals surface area (Å²) in [6.07, 6.45) is 6.36. The van der Waals surface area contributed by atoms with Crippen molar-refractivity contribution in [2.45, 2.75) is 6.92 Å². The zero-order valence-electron chi connectivity index (χ0n) is 28.9. The normalized spacial score (nSPS) is 11.9. The quantitative estimate of drug-likeness (QED) is 0.159. The molecule has 0 atom stereocenters. The largest absolute Gasteiger partial charge is 0.135 e. The van der Waals surface area contributed by atoms with Crippen LogP contribution in [0.2, 0.25) is 0 Å². The van der Waals surface area contributed by atoms with Crippen LogP contribution in [0.5, 0.6) is 0 Å². The second kappa shape index (κ2) is 12.2. The fourth-order valence-electron chi connectivity index (χ4n) is 8.34. The first-order chi connectivity index (χ1) is 25.7. The van der Waals surface area contributed by atoms with Crippen LogP contribution < -0.4 is 0 Å². The maximum atomic E-state index is 4.17. The Morgan fingerprint density at radius 1 is 0.442 bits per heavy atom. The fourth-order valence-corrected chi connectivity index (χ4v) is 9.50. The van der Waals surface area contributed by atoms with Crippen LogP contribution in [0.4, 0.5) is 0 Å². The van der Waals surface area contributed by atoms with Crippen molar-refractivity contribution in [2.75, 3.05) is 0 Å². The lowest BCUT2D eigenvalue weighted by Gasteiger charge is -2.20. The van der Waals surface area contributed by atoms with E-state index in [9.17, 15) is 0 Å². The van der Waals surface area contributed by atoms with E-state index in [1.807, 2.05) is 17.4 Å². The van der Waals surface area contributed by atoms with Gasteiger partial charge in [-0.3, -0.25) is 0 Å². The van der Waals surface area contributed by atoms with E-state index in [1.54, 1.807) is 0 Å². The van der Waals surface area contributed by atoms with Crippen molar-refractivity contribution in [2.24, 2.45) is 0 Å². The highest BCUT2D eigenvalue weighted by molar-refractivity contribution is 7.21. The van der Waals surface area contributed by atoms with Gasteiger partial charge < -0.3 is 0 Å². The molecule has 244 valence electrons. The lowest BCUT2D eigenvalue weighted by molar-refractivity contribution is 1.67. The molecule has 0 amide bonds. The molecule has 0 aliphatic carbocycles. The zero-order valence-corrected chi connectivity index (χ0v) is 29.7. The van der Waals surface area contributed by atoms with Crippen molar-refractivity contribution in [3.63, 3.8) is 0 Å². The second-order valence-corrected chi connectivity index (χ2v) is 14.7. The summed E-state index contributed by atoms with van der Waals surface area (Å²) in [5.74, 6) is 0. The summed E-state index contributed by atoms with van der Waals surface area (Å²) in [4.78, 5) is 1.21. The first-order valence-corrected chi connectivity index (χ1v) is 18.7. The third-order valence-corrected chi connectivity index (χ3v) is 11.9. The number of rotatable bonds is 5. The van der Waals surface area contributed by atoms with Crippen molar-refractivity contribution in [3.8, 4) is 33.4 Å². The van der Waals surface area contributed by atoms with Crippen molar-refractivity contribution < 1.29 is 0 Å². The van der Waals surface area contributed by atoms with Gasteiger partial charge in [0.15, 0.2) is 0 Å². The molecule has 0 bridgehead atoms. The summed E-state index contributed by atoms with van der Waals surface area (Å²) in [5, 5.41) is 13.8. The van der Waals surface area contributed by atoms with Gasteiger partial charge in [-0.2, -0.15) is 0 Å². The molecule has 0 saturated carbocycles. The number of fused-ring (bicyclic) bond motifs is 7. The predicted molar refractivity (Wildman–Crippen MR) is 230 cm³/mol. The Labute approximate surface area is 307 Å². The van der Waals surface area contributed by atoms with Gasteiger partial charge in [0.1, 0.15) is 0 Å². The molecule has 52 heavy (non-hydrogen) atoms. The number of hydrogen-bond donors (Lipinski definition) is 0. The first kappa shape index (κ1) is 30.5. The van der Waals surface area contributed by atoms with Crippen molar-refractivity contribution in [3.05, 3.63) is 181 Å². The standard InChI is InChI=1S/C51H34S/c1-3-13-40-47-31-45(39-18-9-12-21-44(39)51(47)52-48(40)4-2)36-26-27-43-46(30-36)50(38-25-23-33-15-6-8-17-35(33)29-38)42-20-11-10-19-41(42)49(43)37-24-22-32-14-5-7-16-34(32)28-37/h3-31H,2H2,1H3/b13-3-. The average Bonchev–Trinajstić information content (AvgIpc) is 3.56. The fraction of sp³-hybridized carbons (Fsp3) is 0.0196. The number of allylic oxidation sites excluding steroid dienone is 1. The van der Waals surface area contributed by atoms with E-state index in [0.717, 1.165) is 0 Å². The molecule has 0 N–H and O–H groups in total. The Hall–Kier alpha value is -6.28. The molecule has 0 radical (unpaired) electrons. The van der Waals surface area contributed by atoms with Crippen LogP contribution in [-0.4, -0.2) is 0 Å². The van der Waals surface area contributed by atoms with Gasteiger partial charge >= 0.3 is 0 Å². The van der Waals surface area contributed by atoms with Gasteiger partial charge in [0.05, 0.1) is 0 Å². The Balaban J connectivity index is 1.34. The third-order valence-electron chi connectivity index (χ3n) is 10.7. The van der Waals surface area contributed by atoms with Crippen LogP contribution in [0.3, 0.4) is 0 Å². The molecule has 0 aliphatic heterocycles. The van der Waals surface area contributed by atoms with Crippen molar-refractivity contribution in [1.29, 1.82) is 0 Å². The minimum absolute atomic E-state index is 1.21. The first-order valence-electron chi connectivity index (χ1n) is 17.9. The molecule has 10 rings (SSSR count). The molecule has 0 fully saturated rings. The molecular formula is C51H34S. The number of benzene rings is 9. The van der Waals surface area contributed by atoms with Crippen LogP contribution in [0.25, 0.3) is 109 Å². The summed E-state index contributed by atoms with van der Waals surface area (Å²) < 4.78 is 1.31. The summed E-state index contributed by atoms with van der Waals surface area (Å²) in [7, 11) is 0. The van der Waals surface area contributed by atoms with E-state index in [2.05, 4.69) is 183 Å². The highest BCUT2D eigenvalue weighted by atomic mass is 32.1. The summed E-state index contributed by atoms with van der Waals surface area (Å²) in [6.45, 7) is 6.26. The Kier molecular flexibility index (Phi) is 7.16. The summed E-state index contributed by atoms with van der Waals surface area (Å²) in [6, 6.07) is 58.6. The van der Waals surface area contributed by atoms with E-state index in [4.69, 9.17) is 0 Å². The van der Waals surface area contributed by atoms with Gasteiger partial charge in [-0.05, 0) is 113 Å². The van der Waals surface area contributed by atoms with Crippen molar-refractivity contribution >= 4 is 87.4 Å². The molecule has 0 aliphatic rings. The lowest BCUT2D eigenvalue weighted by Crippen LogP contribution is -1.92. The van der Waals surface area contributed by atoms with Gasteiger partial charge in [-0.1, -0.05) is 158 Å². The van der Waals surface area contributed by atoms with Gasteiger partial charge in [-0.15, -0.1) is 11.3 Å². The van der Waals surface area contributed by atoms with E-state index >= 15 is 0 Å². The van der Waals surface area contributed by atoms with Crippen LogP contribution >= 0.6 is 11.3 Å². The van der Waals surface area contributed by atoms with Gasteiger partial charge in [-0.25, -0.2) is 0 Å². The minimum atomic E-state index is 1.21. The van der Waals surface area contributed by atoms with Crippen LogP contribution in [0.1, 0.15) is 17.4 Å². The monoisotopic (exact) mass is 678 g/mol. The molecule has 1 aromatic heterocycles. The van der Waals surface area contributed by atoms with Gasteiger partial charge in [0.25, 0.3) is 0 Å². The van der Waals surface area contributed by atoms with Gasteiger partial charge in [0, 0.05) is 25.9 Å². The predicted octanol–water partition coefficient (Wildman–Crippen LogP) is 15.3. The van der Waals surface area contributed by atoms with Gasteiger partial charge in [0.2, 0.25) is 0 Å². The number of hydrogen-bond acceptors (Lipinski definition) is 1. The molecule has 0 unspecified atom stereocenters. The average molecular weight is 679 g/mol. The Bertz CT molecular complexity index is 3100. The van der Waals surface area contributed by atoms with Crippen LogP contribution in [-0.2, 0) is 0 Å². The topological polar surface area (TPSA) is 0 Å². The maximum Gasteiger partial charge on any atom is 0.0434 e. The Morgan fingerprint density at radius 3 is 1.58 bits per heavy atom. The van der Waals surface area contributed by atoms with E-state index in [1.165, 1.54) is 108 Å². The third kappa shape index (κ3) is 4.74. The minimum Gasteiger partial charge on any atom is -0.135 e. The summed E-state index contributed by atoms with van der Waals surface area (Å²) in [5.41, 5.74) is 8.71. The second-order valence-electron chi connectivity index (χ2n) is 13.6. The molecule has 1 heterocycles. The van der Waals surface area contributed by atoms with E-state index in [-0.39, 0.29) is 0 Å². The molecule has 0 saturated heterocycles. The molecule has 0 spiro atoms. The van der Waals surface area contributed by atoms with Crippen LogP contribution in [0, 0.1) is 0 Å². The SMILES string of the molecule is C=Cc1sc2c(cc(-c3ccc4c(-c5ccc6ccccc6c5)c5ccccc5c(-c5ccc6ccccc6c5)c4c3)c3ccccc32)c1/C=C\C. The van der Waals surface area contributed by atoms with Crippen molar-refractivity contribution in [1.82, 2.24) is 0 Å². The highest BCUT2D eigenvalue weighted by Gasteiger charge is 2.20. The molecule has 10 aromatic rings. The number of thiophene rings is 1. The summed E-state index contributed by atoms with van der Waals surface area (Å²) >= 11 is 1.83. The molecule has 0 nitrogen and oxygen atoms in total. The Morgan fingerprint density at radius 2 is 0.962 bits per heavy atom. The maximum absolute atomic E-state index is 4.17. The molecular weight excluding hydrogens is 645 g/mol. The van der Waals surface area contributed by atoms with Crippen LogP contribution in [0.15, 0.2) is 170 Å². The smallest absolute Gasteiger partial charge is 0.0434 e. The van der Waals surface area contributed by atoms with E-state index in [0.29, 0.717) is 0 Å².